The Labute approximate surface area is 35.5 Å². The van der Waals surface area contributed by atoms with Crippen LogP contribution in [-0.4, -0.2) is 6.54 Å². The molecule has 5 heavy (non-hydrogen) atoms. The van der Waals surface area contributed by atoms with Crippen molar-refractivity contribution in [1.29, 1.82) is 5.26 Å². The Kier molecular flexibility index (Phi) is 3.55. The Bertz CT molecular complexity index is 46.1. The maximum absolute atomic E-state index is 7.67. The summed E-state index contributed by atoms with van der Waals surface area (Å²) in [5.41, 5.74) is 0. The van der Waals surface area contributed by atoms with Gasteiger partial charge in [0, 0.05) is 0 Å². The van der Waals surface area contributed by atoms with Gasteiger partial charge in [0.25, 0.3) is 0 Å². The summed E-state index contributed by atoms with van der Waals surface area (Å²) in [5.74, 6) is 0. The van der Waals surface area contributed by atoms with E-state index in [-0.39, 0.29) is 6.54 Å². The van der Waals surface area contributed by atoms with Crippen molar-refractivity contribution in [1.82, 2.24) is 4.84 Å². The second kappa shape index (κ2) is 3.74. The third-order valence-corrected chi connectivity index (χ3v) is 0.280. The van der Waals surface area contributed by atoms with Crippen molar-refractivity contribution in [3.63, 3.8) is 0 Å². The zero-order valence-electron chi connectivity index (χ0n) is 2.53. The minimum atomic E-state index is 0.210. The van der Waals surface area contributed by atoms with Crippen LogP contribution in [0.1, 0.15) is 0 Å². The first-order valence-corrected chi connectivity index (χ1v) is 1.50. The molecule has 0 saturated carbocycles. The van der Waals surface area contributed by atoms with E-state index in [1.165, 1.54) is 0 Å². The first-order valence-electron chi connectivity index (χ1n) is 1.12. The molecule has 0 aliphatic rings. The van der Waals surface area contributed by atoms with Crippen LogP contribution in [0.15, 0.2) is 0 Å². The van der Waals surface area contributed by atoms with Crippen molar-refractivity contribution in [3.05, 3.63) is 0 Å². The van der Waals surface area contributed by atoms with Crippen molar-refractivity contribution in [3.8, 4) is 6.07 Å². The Morgan fingerprint density at radius 3 is 2.60 bits per heavy atom. The minimum Gasteiger partial charge on any atom is -0.219 e. The highest BCUT2D eigenvalue weighted by Crippen LogP contribution is 1.53. The molecule has 0 aromatic heterocycles. The zero-order valence-corrected chi connectivity index (χ0v) is 3.29. The Morgan fingerprint density at radius 2 is 2.60 bits per heavy atom. The summed E-state index contributed by atoms with van der Waals surface area (Å²) < 4.78 is 0. The van der Waals surface area contributed by atoms with E-state index in [2.05, 4.69) is 4.84 Å². The molecule has 0 radical (unpaired) electrons. The van der Waals surface area contributed by atoms with Gasteiger partial charge in [-0.1, -0.05) is 0 Å². The van der Waals surface area contributed by atoms with Crippen LogP contribution in [0.3, 0.4) is 0 Å². The fraction of sp³-hybridized carbons (Fsp3) is 0.500. The van der Waals surface area contributed by atoms with Crippen LogP contribution < -0.4 is 4.84 Å². The molecule has 2 nitrogen and oxygen atoms in total. The molecule has 0 aliphatic heterocycles. The highest BCUT2D eigenvalue weighted by atomic mass is 35.5. The fourth-order valence-electron chi connectivity index (χ4n) is 0.0299. The topological polar surface area (TPSA) is 35.8 Å². The molecule has 0 rings (SSSR count). The predicted octanol–water partition coefficient (Wildman–Crippen LogP) is 0.253. The smallest absolute Gasteiger partial charge is 0.0980 e. The zero-order chi connectivity index (χ0) is 4.12. The first-order chi connectivity index (χ1) is 2.41. The molecule has 0 aromatic rings. The monoisotopic (exact) mass is 90.0 g/mol. The molecular weight excluding hydrogens is 87.5 g/mol. The van der Waals surface area contributed by atoms with Gasteiger partial charge in [-0.15, -0.1) is 0 Å². The van der Waals surface area contributed by atoms with Gasteiger partial charge < -0.3 is 0 Å². The van der Waals surface area contributed by atoms with Gasteiger partial charge >= 0.3 is 0 Å². The van der Waals surface area contributed by atoms with Crippen LogP contribution in [0.2, 0.25) is 0 Å². The maximum Gasteiger partial charge on any atom is 0.0980 e. The summed E-state index contributed by atoms with van der Waals surface area (Å²) >= 11 is 4.83. The number of nitriles is 1. The number of hydrogen-bond donors (Lipinski definition) is 1. The third kappa shape index (κ3) is 3.74. The quantitative estimate of drug-likeness (QED) is 0.370. The average Bonchev–Trinajstić information content (AvgIpc) is 1.41. The molecule has 0 amide bonds. The van der Waals surface area contributed by atoms with Crippen LogP contribution in [-0.2, 0) is 0 Å². The lowest BCUT2D eigenvalue weighted by Gasteiger charge is -1.69. The number of rotatable bonds is 1. The van der Waals surface area contributed by atoms with Gasteiger partial charge in [-0.2, -0.15) is 5.26 Å². The molecule has 0 aromatic carbocycles. The van der Waals surface area contributed by atoms with Crippen LogP contribution in [0.25, 0.3) is 0 Å². The van der Waals surface area contributed by atoms with E-state index in [0.29, 0.717) is 0 Å². The highest BCUT2D eigenvalue weighted by molar-refractivity contribution is 6.13. The van der Waals surface area contributed by atoms with Crippen LogP contribution in [0.5, 0.6) is 0 Å². The maximum atomic E-state index is 7.67. The lowest BCUT2D eigenvalue weighted by molar-refractivity contribution is 1.12. The second-order valence-corrected chi connectivity index (χ2v) is 0.736. The van der Waals surface area contributed by atoms with Gasteiger partial charge in [0.1, 0.15) is 0 Å². The Balaban J connectivity index is 2.48. The summed E-state index contributed by atoms with van der Waals surface area (Å²) in [6, 6.07) is 1.77. The standard InChI is InChI=1S/C2H3ClN2/c3-5-2-1-4/h5H,2H2. The third-order valence-electron chi connectivity index (χ3n) is 0.146. The molecule has 28 valence electrons. The summed E-state index contributed by atoms with van der Waals surface area (Å²) in [6.07, 6.45) is 0. The molecule has 0 bridgehead atoms. The largest absolute Gasteiger partial charge is 0.219 e. The van der Waals surface area contributed by atoms with Gasteiger partial charge in [0.05, 0.1) is 12.6 Å². The van der Waals surface area contributed by atoms with Crippen molar-refractivity contribution in [2.75, 3.05) is 6.54 Å². The summed E-state index contributed by atoms with van der Waals surface area (Å²) in [4.78, 5) is 2.13. The van der Waals surface area contributed by atoms with E-state index in [9.17, 15) is 0 Å². The number of nitrogens with one attached hydrogen (secondary N) is 1. The van der Waals surface area contributed by atoms with Crippen molar-refractivity contribution in [2.24, 2.45) is 0 Å². The predicted molar refractivity (Wildman–Crippen MR) is 19.5 cm³/mol. The summed E-state index contributed by atoms with van der Waals surface area (Å²) in [7, 11) is 0. The first kappa shape index (κ1) is 4.74. The molecule has 3 heteroatoms. The lowest BCUT2D eigenvalue weighted by atomic mass is 10.8. The van der Waals surface area contributed by atoms with Gasteiger partial charge in [0.2, 0.25) is 0 Å². The number of nitrogens with zero attached hydrogens (tertiary/aromatic N) is 1. The van der Waals surface area contributed by atoms with Crippen LogP contribution >= 0.6 is 11.8 Å². The van der Waals surface area contributed by atoms with Gasteiger partial charge in [-0.05, 0) is 11.8 Å². The molecule has 0 aliphatic carbocycles. The molecule has 0 saturated heterocycles. The average molecular weight is 90.5 g/mol. The highest BCUT2D eigenvalue weighted by Gasteiger charge is 1.63. The van der Waals surface area contributed by atoms with Crippen molar-refractivity contribution in [2.45, 2.75) is 0 Å². The van der Waals surface area contributed by atoms with E-state index < -0.39 is 0 Å². The van der Waals surface area contributed by atoms with Gasteiger partial charge in [-0.3, -0.25) is 0 Å². The van der Waals surface area contributed by atoms with Crippen molar-refractivity contribution < 1.29 is 0 Å². The van der Waals surface area contributed by atoms with Gasteiger partial charge in [0.15, 0.2) is 0 Å². The molecule has 0 spiro atoms. The summed E-state index contributed by atoms with van der Waals surface area (Å²) in [6.45, 7) is 0.210. The minimum absolute atomic E-state index is 0.210. The van der Waals surface area contributed by atoms with E-state index in [1.54, 1.807) is 6.07 Å². The molecule has 0 fully saturated rings. The van der Waals surface area contributed by atoms with E-state index in [0.717, 1.165) is 0 Å². The summed E-state index contributed by atoms with van der Waals surface area (Å²) in [5, 5.41) is 7.67. The molecule has 0 heterocycles. The van der Waals surface area contributed by atoms with E-state index in [1.807, 2.05) is 0 Å². The second-order valence-electron chi connectivity index (χ2n) is 0.469. The van der Waals surface area contributed by atoms with Crippen LogP contribution in [0, 0.1) is 11.3 Å². The molecule has 0 atom stereocenters. The molecule has 1 N–H and O–H groups in total. The van der Waals surface area contributed by atoms with Crippen molar-refractivity contribution >= 4 is 11.8 Å². The number of hydrogen-bond acceptors (Lipinski definition) is 2. The molecular formula is C2H3ClN2. The van der Waals surface area contributed by atoms with Crippen LogP contribution in [0.4, 0.5) is 0 Å². The fourth-order valence-corrected chi connectivity index (χ4v) is 0.0896. The Morgan fingerprint density at radius 1 is 2.00 bits per heavy atom. The van der Waals surface area contributed by atoms with E-state index >= 15 is 0 Å². The SMILES string of the molecule is N#CCNCl. The Hall–Kier alpha value is -0.260. The lowest BCUT2D eigenvalue weighted by Crippen LogP contribution is -1.94. The van der Waals surface area contributed by atoms with Gasteiger partial charge in [-0.25, -0.2) is 4.84 Å². The van der Waals surface area contributed by atoms with E-state index in [4.69, 9.17) is 17.0 Å². The normalized spacial score (nSPS) is 6.40. The number of halogens is 1. The molecule has 0 unspecified atom stereocenters.